The molecule has 0 bridgehead atoms. The first kappa shape index (κ1) is 23.8. The van der Waals surface area contributed by atoms with Gasteiger partial charge in [-0.3, -0.25) is 9.59 Å². The topological polar surface area (TPSA) is 107 Å². The minimum atomic E-state index is -0.474. The molecule has 0 saturated carbocycles. The van der Waals surface area contributed by atoms with Gasteiger partial charge < -0.3 is 20.1 Å². The molecule has 0 spiro atoms. The maximum atomic E-state index is 12.8. The molecule has 2 atom stereocenters. The number of allylic oxidation sites excluding steroid dienone is 2. The molecule has 1 aliphatic rings. The van der Waals surface area contributed by atoms with Crippen molar-refractivity contribution in [1.82, 2.24) is 10.3 Å². The summed E-state index contributed by atoms with van der Waals surface area (Å²) >= 11 is 3.05. The van der Waals surface area contributed by atoms with Crippen molar-refractivity contribution < 1.29 is 23.9 Å². The summed E-state index contributed by atoms with van der Waals surface area (Å²) in [6.45, 7) is 4.12. The van der Waals surface area contributed by atoms with Crippen LogP contribution in [0.3, 0.4) is 0 Å². The molecule has 0 radical (unpaired) electrons. The molecule has 32 heavy (non-hydrogen) atoms. The number of methoxy groups -OCH3 is 1. The van der Waals surface area contributed by atoms with Crippen molar-refractivity contribution in [2.45, 2.75) is 17.2 Å². The van der Waals surface area contributed by atoms with Gasteiger partial charge >= 0.3 is 12.1 Å². The van der Waals surface area contributed by atoms with Gasteiger partial charge in [-0.2, -0.15) is 0 Å². The Bertz CT molecular complexity index is 1020. The van der Waals surface area contributed by atoms with E-state index in [0.717, 1.165) is 14.6 Å². The summed E-state index contributed by atoms with van der Waals surface area (Å²) in [4.78, 5) is 40.8. The fourth-order valence-corrected chi connectivity index (χ4v) is 5.30. The third kappa shape index (κ3) is 6.33. The number of ether oxygens (including phenoxy) is 2. The highest BCUT2D eigenvalue weighted by atomic mass is 32.2. The quantitative estimate of drug-likeness (QED) is 0.244. The Morgan fingerprint density at radius 1 is 1.28 bits per heavy atom. The smallest absolute Gasteiger partial charge is 0.407 e. The Hall–Kier alpha value is -2.85. The van der Waals surface area contributed by atoms with Gasteiger partial charge in [-0.1, -0.05) is 36.6 Å². The van der Waals surface area contributed by atoms with Gasteiger partial charge in [0.1, 0.15) is 6.61 Å². The molecule has 1 aliphatic carbocycles. The van der Waals surface area contributed by atoms with E-state index >= 15 is 0 Å². The molecule has 2 unspecified atom stereocenters. The van der Waals surface area contributed by atoms with E-state index in [4.69, 9.17) is 9.47 Å². The molecule has 1 heterocycles. The van der Waals surface area contributed by atoms with Crippen LogP contribution in [0.5, 0.6) is 0 Å². The fourth-order valence-electron chi connectivity index (χ4n) is 3.27. The number of thiazole rings is 1. The third-order valence-corrected chi connectivity index (χ3v) is 7.00. The van der Waals surface area contributed by atoms with Gasteiger partial charge in [0.15, 0.2) is 4.34 Å². The number of carbonyl (C=O) groups excluding carboxylic acids is 3. The summed E-state index contributed by atoms with van der Waals surface area (Å²) in [5.41, 5.74) is 1.49. The predicted molar refractivity (Wildman–Crippen MR) is 126 cm³/mol. The predicted octanol–water partition coefficient (Wildman–Crippen LogP) is 3.99. The van der Waals surface area contributed by atoms with Gasteiger partial charge in [0.05, 0.1) is 29.2 Å². The summed E-state index contributed by atoms with van der Waals surface area (Å²) in [5.74, 6) is -0.837. The number of hydrogen-bond acceptors (Lipinski definition) is 8. The highest BCUT2D eigenvalue weighted by molar-refractivity contribution is 8.01. The minimum absolute atomic E-state index is 0.177. The van der Waals surface area contributed by atoms with Gasteiger partial charge in [-0.15, -0.1) is 11.3 Å². The maximum absolute atomic E-state index is 12.8. The normalized spacial score (nSPS) is 17.5. The lowest BCUT2D eigenvalue weighted by Gasteiger charge is -2.25. The monoisotopic (exact) mass is 475 g/mol. The molecule has 0 aliphatic heterocycles. The number of hydrogen-bond donors (Lipinski definition) is 2. The number of benzene rings is 1. The van der Waals surface area contributed by atoms with Crippen LogP contribution < -0.4 is 10.6 Å². The summed E-state index contributed by atoms with van der Waals surface area (Å²) in [6.07, 6.45) is 5.87. The first-order chi connectivity index (χ1) is 15.5. The molecule has 170 valence electrons. The second-order valence-corrected chi connectivity index (χ2v) is 9.37. The van der Waals surface area contributed by atoms with Gasteiger partial charge in [0.25, 0.3) is 0 Å². The van der Waals surface area contributed by atoms with Gasteiger partial charge in [0.2, 0.25) is 5.91 Å². The van der Waals surface area contributed by atoms with Crippen LogP contribution in [0.15, 0.2) is 47.3 Å². The zero-order chi connectivity index (χ0) is 22.9. The van der Waals surface area contributed by atoms with Crippen LogP contribution in [0, 0.1) is 11.8 Å². The minimum Gasteiger partial charge on any atom is -0.469 e. The average molecular weight is 476 g/mol. The molecular weight excluding hydrogens is 450 g/mol. The number of amides is 2. The van der Waals surface area contributed by atoms with Crippen LogP contribution in [0.4, 0.5) is 10.5 Å². The van der Waals surface area contributed by atoms with E-state index in [1.54, 1.807) is 6.07 Å². The Labute approximate surface area is 194 Å². The van der Waals surface area contributed by atoms with Crippen molar-refractivity contribution >= 4 is 57.0 Å². The standard InChI is InChI=1S/C22H25N3O5S2/c1-3-11-30-21(28)23-10-12-31-22-25-17-9-8-14(13-18(17)32-22)24-19(26)15-6-4-5-7-16(15)20(27)29-2/h3-5,8-9,13,15-16H,1,6-7,10-12H2,2H3,(H,23,28)(H,24,26). The second-order valence-electron chi connectivity index (χ2n) is 6.99. The number of esters is 1. The van der Waals surface area contributed by atoms with Crippen LogP contribution in [0.1, 0.15) is 12.8 Å². The number of nitrogens with zero attached hydrogens (tertiary/aromatic N) is 1. The van der Waals surface area contributed by atoms with E-state index in [1.165, 1.54) is 36.3 Å². The fraction of sp³-hybridized carbons (Fsp3) is 0.364. The number of anilines is 1. The number of fused-ring (bicyclic) bond motifs is 1. The molecule has 1 aromatic carbocycles. The van der Waals surface area contributed by atoms with Crippen LogP contribution in [0.2, 0.25) is 0 Å². The zero-order valence-corrected chi connectivity index (χ0v) is 19.3. The molecule has 0 fully saturated rings. The van der Waals surface area contributed by atoms with Crippen molar-refractivity contribution in [3.63, 3.8) is 0 Å². The van der Waals surface area contributed by atoms with E-state index in [-0.39, 0.29) is 18.5 Å². The van der Waals surface area contributed by atoms with Crippen LogP contribution in [-0.4, -0.2) is 49.0 Å². The highest BCUT2D eigenvalue weighted by Crippen LogP contribution is 2.32. The van der Waals surface area contributed by atoms with Gasteiger partial charge in [-0.05, 0) is 31.0 Å². The van der Waals surface area contributed by atoms with Crippen molar-refractivity contribution in [2.75, 3.05) is 31.3 Å². The molecule has 8 nitrogen and oxygen atoms in total. The van der Waals surface area contributed by atoms with E-state index in [2.05, 4.69) is 22.2 Å². The van der Waals surface area contributed by atoms with Crippen molar-refractivity contribution in [3.8, 4) is 0 Å². The number of thioether (sulfide) groups is 1. The van der Waals surface area contributed by atoms with Crippen LogP contribution in [0.25, 0.3) is 10.2 Å². The van der Waals surface area contributed by atoms with Crippen LogP contribution in [-0.2, 0) is 19.1 Å². The van der Waals surface area contributed by atoms with Crippen LogP contribution >= 0.6 is 23.1 Å². The summed E-state index contributed by atoms with van der Waals surface area (Å²) in [7, 11) is 1.34. The molecule has 10 heteroatoms. The lowest BCUT2D eigenvalue weighted by molar-refractivity contribution is -0.149. The molecular formula is C22H25N3O5S2. The number of alkyl carbamates (subject to hydrolysis) is 1. The Kier molecular flexibility index (Phi) is 8.69. The first-order valence-corrected chi connectivity index (χ1v) is 11.9. The van der Waals surface area contributed by atoms with E-state index in [0.29, 0.717) is 30.8 Å². The molecule has 1 aromatic heterocycles. The van der Waals surface area contributed by atoms with E-state index in [9.17, 15) is 14.4 Å². The molecule has 2 aromatic rings. The zero-order valence-electron chi connectivity index (χ0n) is 17.7. The molecule has 0 saturated heterocycles. The Morgan fingerprint density at radius 2 is 2.06 bits per heavy atom. The van der Waals surface area contributed by atoms with Crippen molar-refractivity contribution in [1.29, 1.82) is 0 Å². The lowest BCUT2D eigenvalue weighted by Crippen LogP contribution is -2.35. The Morgan fingerprint density at radius 3 is 2.81 bits per heavy atom. The first-order valence-electron chi connectivity index (χ1n) is 10.1. The number of rotatable bonds is 9. The second kappa shape index (κ2) is 11.7. The SMILES string of the molecule is C=CCOC(=O)NCCSc1nc2ccc(NC(=O)C3CC=CCC3C(=O)OC)cc2s1. The number of aromatic nitrogens is 1. The largest absolute Gasteiger partial charge is 0.469 e. The lowest BCUT2D eigenvalue weighted by atomic mass is 9.82. The van der Waals surface area contributed by atoms with E-state index < -0.39 is 17.9 Å². The third-order valence-electron chi connectivity index (χ3n) is 4.84. The summed E-state index contributed by atoms with van der Waals surface area (Å²) in [6, 6.07) is 5.54. The summed E-state index contributed by atoms with van der Waals surface area (Å²) < 4.78 is 11.5. The average Bonchev–Trinajstić information content (AvgIpc) is 3.22. The maximum Gasteiger partial charge on any atom is 0.407 e. The van der Waals surface area contributed by atoms with Crippen molar-refractivity contribution in [3.05, 3.63) is 43.0 Å². The van der Waals surface area contributed by atoms with Crippen molar-refractivity contribution in [2.24, 2.45) is 11.8 Å². The van der Waals surface area contributed by atoms with Gasteiger partial charge in [0, 0.05) is 18.0 Å². The van der Waals surface area contributed by atoms with Gasteiger partial charge in [-0.25, -0.2) is 9.78 Å². The number of nitrogens with one attached hydrogen (secondary N) is 2. The number of carbonyl (C=O) groups is 3. The molecule has 2 amide bonds. The molecule has 3 rings (SSSR count). The van der Waals surface area contributed by atoms with E-state index in [1.807, 2.05) is 24.3 Å². The summed E-state index contributed by atoms with van der Waals surface area (Å²) in [5, 5.41) is 5.59. The highest BCUT2D eigenvalue weighted by Gasteiger charge is 2.34. The Balaban J connectivity index is 1.57. The molecule has 2 N–H and O–H groups in total.